The Morgan fingerprint density at radius 2 is 1.86 bits per heavy atom. The normalized spacial score (nSPS) is 12.6. The molecule has 0 radical (unpaired) electrons. The van der Waals surface area contributed by atoms with Crippen LogP contribution in [-0.4, -0.2) is 15.9 Å². The third-order valence-electron chi connectivity index (χ3n) is 4.63. The van der Waals surface area contributed by atoms with Gasteiger partial charge in [0.25, 0.3) is 5.56 Å². The summed E-state index contributed by atoms with van der Waals surface area (Å²) in [6, 6.07) is 12.9. The number of para-hydroxylation sites is 1. The fourth-order valence-corrected chi connectivity index (χ4v) is 4.13. The largest absolute Gasteiger partial charge is 0.454 e. The zero-order valence-electron chi connectivity index (χ0n) is 14.4. The second kappa shape index (κ2) is 6.35. The van der Waals surface area contributed by atoms with E-state index >= 15 is 0 Å². The van der Waals surface area contributed by atoms with E-state index in [-0.39, 0.29) is 19.0 Å². The van der Waals surface area contributed by atoms with E-state index < -0.39 is 17.1 Å². The second-order valence-electron chi connectivity index (χ2n) is 6.28. The molecule has 140 valence electrons. The average Bonchev–Trinajstić information content (AvgIpc) is 3.36. The lowest BCUT2D eigenvalue weighted by Gasteiger charge is -2.13. The molecule has 0 saturated heterocycles. The first-order valence-electron chi connectivity index (χ1n) is 8.50. The molecule has 28 heavy (non-hydrogen) atoms. The van der Waals surface area contributed by atoms with Gasteiger partial charge in [0.05, 0.1) is 17.7 Å². The molecule has 6 nitrogen and oxygen atoms in total. The summed E-state index contributed by atoms with van der Waals surface area (Å²) in [6.07, 6.45) is 0. The first-order chi connectivity index (χ1) is 13.6. The lowest BCUT2D eigenvalue weighted by atomic mass is 10.2. The molecule has 2 aromatic carbocycles. The van der Waals surface area contributed by atoms with Crippen LogP contribution in [0.5, 0.6) is 11.5 Å². The minimum absolute atomic E-state index is 0.0627. The van der Waals surface area contributed by atoms with Crippen LogP contribution in [0.3, 0.4) is 0 Å². The van der Waals surface area contributed by atoms with Crippen molar-refractivity contribution >= 4 is 21.6 Å². The summed E-state index contributed by atoms with van der Waals surface area (Å²) in [4.78, 5) is 26.1. The Balaban J connectivity index is 1.73. The second-order valence-corrected chi connectivity index (χ2v) is 7.20. The van der Waals surface area contributed by atoms with Crippen LogP contribution < -0.4 is 20.7 Å². The molecule has 0 unspecified atom stereocenters. The molecule has 0 bridgehead atoms. The molecule has 4 aromatic rings. The Kier molecular flexibility index (Phi) is 3.80. The topological polar surface area (TPSA) is 62.5 Å². The molecule has 1 aliphatic rings. The van der Waals surface area contributed by atoms with Crippen molar-refractivity contribution in [2.24, 2.45) is 0 Å². The minimum atomic E-state index is -0.632. The van der Waals surface area contributed by atoms with Crippen LogP contribution in [-0.2, 0) is 6.54 Å². The fraction of sp³-hybridized carbons (Fsp3) is 0.100. The number of nitrogens with zero attached hydrogens (tertiary/aromatic N) is 2. The maximum absolute atomic E-state index is 14.3. The van der Waals surface area contributed by atoms with Crippen LogP contribution >= 0.6 is 11.3 Å². The molecule has 0 saturated carbocycles. The third kappa shape index (κ3) is 2.53. The maximum atomic E-state index is 14.3. The predicted molar refractivity (Wildman–Crippen MR) is 103 cm³/mol. The molecule has 0 fully saturated rings. The average molecular weight is 396 g/mol. The summed E-state index contributed by atoms with van der Waals surface area (Å²) in [5.74, 6) is 0.620. The number of rotatable bonds is 3. The highest BCUT2D eigenvalue weighted by atomic mass is 32.1. The SMILES string of the molecule is O=c1c2sccc2n(Cc2ccc3c(c2)OCO3)c(=O)n1-c1ccccc1F. The van der Waals surface area contributed by atoms with E-state index in [9.17, 15) is 14.0 Å². The molecular weight excluding hydrogens is 383 g/mol. The molecule has 0 amide bonds. The number of hydrogen-bond donors (Lipinski definition) is 0. The zero-order valence-corrected chi connectivity index (χ0v) is 15.2. The van der Waals surface area contributed by atoms with Gasteiger partial charge in [-0.1, -0.05) is 18.2 Å². The van der Waals surface area contributed by atoms with Gasteiger partial charge in [-0.2, -0.15) is 0 Å². The maximum Gasteiger partial charge on any atom is 0.336 e. The number of aromatic nitrogens is 2. The smallest absolute Gasteiger partial charge is 0.336 e. The van der Waals surface area contributed by atoms with Crippen molar-refractivity contribution in [1.82, 2.24) is 9.13 Å². The molecule has 8 heteroatoms. The van der Waals surface area contributed by atoms with E-state index in [4.69, 9.17) is 9.47 Å². The molecule has 0 spiro atoms. The van der Waals surface area contributed by atoms with Gasteiger partial charge >= 0.3 is 5.69 Å². The van der Waals surface area contributed by atoms with Crippen molar-refractivity contribution in [3.05, 3.63) is 86.1 Å². The van der Waals surface area contributed by atoms with E-state index in [0.717, 1.165) is 10.1 Å². The predicted octanol–water partition coefficient (Wildman–Crippen LogP) is 3.13. The highest BCUT2D eigenvalue weighted by molar-refractivity contribution is 7.17. The van der Waals surface area contributed by atoms with Crippen LogP contribution in [0.1, 0.15) is 5.56 Å². The minimum Gasteiger partial charge on any atom is -0.454 e. The van der Waals surface area contributed by atoms with Gasteiger partial charge in [-0.25, -0.2) is 13.8 Å². The van der Waals surface area contributed by atoms with Gasteiger partial charge in [0.2, 0.25) is 6.79 Å². The number of hydrogen-bond acceptors (Lipinski definition) is 5. The summed E-state index contributed by atoms with van der Waals surface area (Å²) in [6.45, 7) is 0.364. The zero-order chi connectivity index (χ0) is 19.3. The highest BCUT2D eigenvalue weighted by Gasteiger charge is 2.19. The van der Waals surface area contributed by atoms with Gasteiger partial charge in [-0.3, -0.25) is 9.36 Å². The molecule has 1 aliphatic heterocycles. The number of benzene rings is 2. The van der Waals surface area contributed by atoms with Crippen molar-refractivity contribution < 1.29 is 13.9 Å². The first-order valence-corrected chi connectivity index (χ1v) is 9.38. The van der Waals surface area contributed by atoms with Gasteiger partial charge in [-0.15, -0.1) is 11.3 Å². The van der Waals surface area contributed by atoms with Crippen LogP contribution in [0.2, 0.25) is 0 Å². The fourth-order valence-electron chi connectivity index (χ4n) is 3.31. The molecule has 0 aliphatic carbocycles. The van der Waals surface area contributed by atoms with E-state index in [1.807, 2.05) is 6.07 Å². The summed E-state index contributed by atoms with van der Waals surface area (Å²) >= 11 is 1.22. The van der Waals surface area contributed by atoms with E-state index in [0.29, 0.717) is 21.7 Å². The van der Waals surface area contributed by atoms with Crippen molar-refractivity contribution in [3.8, 4) is 17.2 Å². The van der Waals surface area contributed by atoms with Crippen LogP contribution in [0, 0.1) is 5.82 Å². The van der Waals surface area contributed by atoms with Gasteiger partial charge in [0.15, 0.2) is 11.5 Å². The number of halogens is 1. The molecular formula is C20H13FN2O4S. The van der Waals surface area contributed by atoms with Crippen LogP contribution in [0.15, 0.2) is 63.5 Å². The van der Waals surface area contributed by atoms with Gasteiger partial charge in [0, 0.05) is 0 Å². The number of thiophene rings is 1. The quantitative estimate of drug-likeness (QED) is 0.534. The summed E-state index contributed by atoms with van der Waals surface area (Å²) < 4.78 is 27.8. The van der Waals surface area contributed by atoms with Crippen molar-refractivity contribution in [2.75, 3.05) is 6.79 Å². The Labute approximate surface area is 161 Å². The first kappa shape index (κ1) is 16.8. The summed E-state index contributed by atoms with van der Waals surface area (Å²) in [5.41, 5.74) is 0.135. The molecule has 2 aromatic heterocycles. The lowest BCUT2D eigenvalue weighted by Crippen LogP contribution is -2.39. The van der Waals surface area contributed by atoms with Gasteiger partial charge in [-0.05, 0) is 41.3 Å². The van der Waals surface area contributed by atoms with Crippen molar-refractivity contribution in [1.29, 1.82) is 0 Å². The summed E-state index contributed by atoms with van der Waals surface area (Å²) in [7, 11) is 0. The Morgan fingerprint density at radius 3 is 2.71 bits per heavy atom. The molecule has 0 atom stereocenters. The molecule has 5 rings (SSSR count). The van der Waals surface area contributed by atoms with Crippen LogP contribution in [0.25, 0.3) is 15.9 Å². The number of ether oxygens (including phenoxy) is 2. The van der Waals surface area contributed by atoms with E-state index in [2.05, 4.69) is 0 Å². The van der Waals surface area contributed by atoms with Crippen molar-refractivity contribution in [2.45, 2.75) is 6.54 Å². The highest BCUT2D eigenvalue weighted by Crippen LogP contribution is 2.32. The van der Waals surface area contributed by atoms with E-state index in [1.165, 1.54) is 34.1 Å². The van der Waals surface area contributed by atoms with Gasteiger partial charge < -0.3 is 9.47 Å². The molecule has 0 N–H and O–H groups in total. The lowest BCUT2D eigenvalue weighted by molar-refractivity contribution is 0.174. The van der Waals surface area contributed by atoms with Crippen LogP contribution in [0.4, 0.5) is 4.39 Å². The van der Waals surface area contributed by atoms with E-state index in [1.54, 1.807) is 29.6 Å². The Hall–Kier alpha value is -3.39. The van der Waals surface area contributed by atoms with Gasteiger partial charge in [0.1, 0.15) is 10.5 Å². The number of fused-ring (bicyclic) bond motifs is 2. The third-order valence-corrected chi connectivity index (χ3v) is 5.52. The van der Waals surface area contributed by atoms with Crippen molar-refractivity contribution in [3.63, 3.8) is 0 Å². The standard InChI is InChI=1S/C20H13FN2O4S/c21-13-3-1-2-4-14(13)23-19(24)18-15(7-8-28-18)22(20(23)25)10-12-5-6-16-17(9-12)27-11-26-16/h1-9H,10-11H2. The Bertz CT molecular complexity index is 1340. The molecule has 3 heterocycles. The summed E-state index contributed by atoms with van der Waals surface area (Å²) in [5, 5.41) is 1.74. The monoisotopic (exact) mass is 396 g/mol. The Morgan fingerprint density at radius 1 is 1.04 bits per heavy atom.